The van der Waals surface area contributed by atoms with Gasteiger partial charge in [0.25, 0.3) is 10.0 Å². The van der Waals surface area contributed by atoms with Gasteiger partial charge < -0.3 is 4.74 Å². The maximum atomic E-state index is 12.4. The number of esters is 1. The highest BCUT2D eigenvalue weighted by Gasteiger charge is 2.19. The predicted molar refractivity (Wildman–Crippen MR) is 88.1 cm³/mol. The Kier molecular flexibility index (Phi) is 4.96. The average Bonchev–Trinajstić information content (AvgIpc) is 2.49. The molecular weight excluding hydrogens is 421 g/mol. The fourth-order valence-electron chi connectivity index (χ4n) is 1.65. The van der Waals surface area contributed by atoms with Crippen LogP contribution in [0.15, 0.2) is 35.4 Å². The third-order valence-corrected chi connectivity index (χ3v) is 5.11. The van der Waals surface area contributed by atoms with E-state index < -0.39 is 16.0 Å². The summed E-state index contributed by atoms with van der Waals surface area (Å²) in [6.07, 6.45) is 1.39. The van der Waals surface area contributed by atoms with Crippen LogP contribution in [0.25, 0.3) is 0 Å². The molecule has 22 heavy (non-hydrogen) atoms. The summed E-state index contributed by atoms with van der Waals surface area (Å²) in [5, 5.41) is 7.44. The highest BCUT2D eigenvalue weighted by Crippen LogP contribution is 2.21. The average molecular weight is 433 g/mol. The molecule has 0 amide bonds. The van der Waals surface area contributed by atoms with Crippen LogP contribution in [-0.4, -0.2) is 31.7 Å². The Bertz CT molecular complexity index is 824. The number of carbonyl (C=O) groups excluding carboxylic acids is 1. The number of ether oxygens (including phenoxy) is 1. The van der Waals surface area contributed by atoms with Crippen LogP contribution in [0.3, 0.4) is 0 Å². The van der Waals surface area contributed by atoms with Gasteiger partial charge in [-0.15, -0.1) is 0 Å². The summed E-state index contributed by atoms with van der Waals surface area (Å²) in [4.78, 5) is 11.6. The lowest BCUT2D eigenvalue weighted by atomic mass is 10.2. The summed E-state index contributed by atoms with van der Waals surface area (Å²) in [6.45, 7) is 1.64. The van der Waals surface area contributed by atoms with Crippen LogP contribution in [0.5, 0.6) is 0 Å². The zero-order chi connectivity index (χ0) is 16.3. The van der Waals surface area contributed by atoms with E-state index in [2.05, 4.69) is 19.7 Å². The molecule has 116 valence electrons. The number of sulfonamides is 1. The second-order valence-corrected chi connectivity index (χ2v) is 7.11. The molecule has 2 aromatic rings. The Balaban J connectivity index is 2.42. The molecule has 9 heteroatoms. The normalized spacial score (nSPS) is 11.0. The quantitative estimate of drug-likeness (QED) is 0.585. The van der Waals surface area contributed by atoms with E-state index in [0.29, 0.717) is 15.0 Å². The molecule has 0 fully saturated rings. The maximum absolute atomic E-state index is 12.4. The number of aromatic nitrogens is 2. The van der Waals surface area contributed by atoms with Gasteiger partial charge in [-0.1, -0.05) is 0 Å². The number of anilines is 1. The van der Waals surface area contributed by atoms with Crippen molar-refractivity contribution in [2.75, 3.05) is 11.8 Å². The molecule has 0 bridgehead atoms. The molecule has 0 spiro atoms. The molecule has 1 N–H and O–H groups in total. The van der Waals surface area contributed by atoms with Crippen molar-refractivity contribution in [3.63, 3.8) is 0 Å². The number of halogens is 1. The first-order valence-corrected chi connectivity index (χ1v) is 8.60. The van der Waals surface area contributed by atoms with Gasteiger partial charge >= 0.3 is 5.97 Å². The lowest BCUT2D eigenvalue weighted by molar-refractivity contribution is 0.0599. The van der Waals surface area contributed by atoms with Gasteiger partial charge in [-0.2, -0.15) is 10.2 Å². The van der Waals surface area contributed by atoms with Crippen LogP contribution >= 0.6 is 22.6 Å². The first-order chi connectivity index (χ1) is 10.3. The van der Waals surface area contributed by atoms with Crippen LogP contribution in [0, 0.1) is 10.5 Å². The fraction of sp³-hybridized carbons (Fsp3) is 0.154. The lowest BCUT2D eigenvalue weighted by Crippen LogP contribution is -2.15. The number of hydrogen-bond acceptors (Lipinski definition) is 6. The minimum absolute atomic E-state index is 0.0375. The second-order valence-electron chi connectivity index (χ2n) is 4.27. The minimum atomic E-state index is -3.85. The Hall–Kier alpha value is -1.75. The zero-order valence-corrected chi connectivity index (χ0v) is 14.7. The van der Waals surface area contributed by atoms with Gasteiger partial charge in [-0.25, -0.2) is 13.2 Å². The van der Waals surface area contributed by atoms with E-state index >= 15 is 0 Å². The maximum Gasteiger partial charge on any atom is 0.338 e. The summed E-state index contributed by atoms with van der Waals surface area (Å²) in [6, 6.07) is 5.74. The summed E-state index contributed by atoms with van der Waals surface area (Å²) in [5.41, 5.74) is 0.966. The van der Waals surface area contributed by atoms with Crippen molar-refractivity contribution in [3.8, 4) is 0 Å². The predicted octanol–water partition coefficient (Wildman–Crippen LogP) is 1.98. The van der Waals surface area contributed by atoms with Crippen LogP contribution in [0.1, 0.15) is 16.1 Å². The van der Waals surface area contributed by atoms with Crippen molar-refractivity contribution >= 4 is 44.3 Å². The number of rotatable bonds is 4. The molecule has 1 heterocycles. The standard InChI is InChI=1S/C13H12IN3O4S/c1-8-12(5-6-15-16-8)17-22(19,20)9-3-4-11(14)10(7-9)13(18)21-2/h3-7H,1-2H3,(H,15,17). The number of nitrogens with zero attached hydrogens (tertiary/aromatic N) is 2. The summed E-state index contributed by atoms with van der Waals surface area (Å²) < 4.78 is 32.5. The molecule has 0 radical (unpaired) electrons. The highest BCUT2D eigenvalue weighted by atomic mass is 127. The number of hydrogen-bond donors (Lipinski definition) is 1. The number of nitrogens with one attached hydrogen (secondary N) is 1. The summed E-state index contributed by atoms with van der Waals surface area (Å²) >= 11 is 1.94. The Morgan fingerprint density at radius 1 is 1.32 bits per heavy atom. The SMILES string of the molecule is COC(=O)c1cc(S(=O)(=O)Nc2ccnnc2C)ccc1I. The first kappa shape index (κ1) is 16.6. The molecule has 7 nitrogen and oxygen atoms in total. The minimum Gasteiger partial charge on any atom is -0.465 e. The second kappa shape index (κ2) is 6.57. The molecule has 1 aromatic carbocycles. The van der Waals surface area contributed by atoms with Crippen molar-refractivity contribution in [1.82, 2.24) is 10.2 Å². The Morgan fingerprint density at radius 3 is 2.68 bits per heavy atom. The van der Waals surface area contributed by atoms with Gasteiger partial charge in [0.15, 0.2) is 0 Å². The van der Waals surface area contributed by atoms with Crippen molar-refractivity contribution in [2.24, 2.45) is 0 Å². The van der Waals surface area contributed by atoms with E-state index in [4.69, 9.17) is 0 Å². The third-order valence-electron chi connectivity index (χ3n) is 2.80. The molecule has 0 aliphatic heterocycles. The molecule has 0 saturated carbocycles. The Morgan fingerprint density at radius 2 is 2.05 bits per heavy atom. The molecule has 0 atom stereocenters. The van der Waals surface area contributed by atoms with Crippen molar-refractivity contribution in [1.29, 1.82) is 0 Å². The molecule has 0 unspecified atom stereocenters. The molecule has 1 aromatic heterocycles. The van der Waals surface area contributed by atoms with Crippen LogP contribution < -0.4 is 4.72 Å². The van der Waals surface area contributed by atoms with E-state index in [1.165, 1.54) is 31.5 Å². The van der Waals surface area contributed by atoms with Gasteiger partial charge in [0.1, 0.15) is 0 Å². The van der Waals surface area contributed by atoms with Gasteiger partial charge in [-0.3, -0.25) is 4.72 Å². The van der Waals surface area contributed by atoms with E-state index in [9.17, 15) is 13.2 Å². The molecule has 0 aliphatic carbocycles. The largest absolute Gasteiger partial charge is 0.465 e. The topological polar surface area (TPSA) is 98.2 Å². The monoisotopic (exact) mass is 433 g/mol. The van der Waals surface area contributed by atoms with E-state index in [-0.39, 0.29) is 10.5 Å². The third kappa shape index (κ3) is 3.53. The number of aryl methyl sites for hydroxylation is 1. The van der Waals surface area contributed by atoms with Crippen LogP contribution in [0.4, 0.5) is 5.69 Å². The van der Waals surface area contributed by atoms with Crippen LogP contribution in [0.2, 0.25) is 0 Å². The van der Waals surface area contributed by atoms with Gasteiger partial charge in [-0.05, 0) is 53.8 Å². The van der Waals surface area contributed by atoms with Crippen molar-refractivity contribution in [3.05, 3.63) is 45.3 Å². The number of carbonyl (C=O) groups is 1. The van der Waals surface area contributed by atoms with Crippen molar-refractivity contribution in [2.45, 2.75) is 11.8 Å². The van der Waals surface area contributed by atoms with Gasteiger partial charge in [0, 0.05) is 3.57 Å². The fourth-order valence-corrected chi connectivity index (χ4v) is 3.35. The van der Waals surface area contributed by atoms with Crippen molar-refractivity contribution < 1.29 is 17.9 Å². The molecule has 0 saturated heterocycles. The first-order valence-electron chi connectivity index (χ1n) is 6.04. The highest BCUT2D eigenvalue weighted by molar-refractivity contribution is 14.1. The van der Waals surface area contributed by atoms with Gasteiger partial charge in [0.2, 0.25) is 0 Å². The van der Waals surface area contributed by atoms with Gasteiger partial charge in [0.05, 0.1) is 35.1 Å². The van der Waals surface area contributed by atoms with E-state index in [1.54, 1.807) is 13.0 Å². The number of benzene rings is 1. The lowest BCUT2D eigenvalue weighted by Gasteiger charge is -2.11. The molecular formula is C13H12IN3O4S. The van der Waals surface area contributed by atoms with Crippen LogP contribution in [-0.2, 0) is 14.8 Å². The zero-order valence-electron chi connectivity index (χ0n) is 11.7. The summed E-state index contributed by atoms with van der Waals surface area (Å²) in [5.74, 6) is -0.594. The molecule has 2 rings (SSSR count). The smallest absolute Gasteiger partial charge is 0.338 e. The van der Waals surface area contributed by atoms with E-state index in [0.717, 1.165) is 0 Å². The molecule has 0 aliphatic rings. The number of methoxy groups -OCH3 is 1. The Labute approximate surface area is 141 Å². The summed E-state index contributed by atoms with van der Waals surface area (Å²) in [7, 11) is -2.61. The van der Waals surface area contributed by atoms with E-state index in [1.807, 2.05) is 22.6 Å².